The van der Waals surface area contributed by atoms with E-state index in [1.165, 1.54) is 12.1 Å². The number of nitrogens with zero attached hydrogens (tertiary/aromatic N) is 2. The minimum atomic E-state index is -4.46. The van der Waals surface area contributed by atoms with E-state index in [4.69, 9.17) is 15.2 Å². The van der Waals surface area contributed by atoms with Gasteiger partial charge in [-0.25, -0.2) is 0 Å². The first-order valence-electron chi connectivity index (χ1n) is 13.7. The van der Waals surface area contributed by atoms with E-state index in [9.17, 15) is 22.8 Å². The fourth-order valence-corrected chi connectivity index (χ4v) is 8.11. The standard InChI is InChI=1S/C28H36F3N4O4.In/c1-5-19(38-20-8-6-7-17(11-20)28(29,30)31)13-34-27-24(39-27)26(27)12-18(36)15-35(26)23(37)22(25(2,3)4)33-14-21(32)16-9-10-16;/h6-8,11,14,16,19,22,24,34H,5,9-10,12-13,15,32H2,1-4H3;/q-1;+1/b21-14-;/t19?,22-,24?,26?,27?;/m1./s1. The number of benzene rings is 1. The SMILES string of the molecule is CCC(CNC12OC1C21CC(=O)CN1C(=O)[C@@H]([N]([In])/C=C(\N)C1CC1)C(C)(C)C)Oc1cccc(C(F)(F)F)c1. The molecule has 1 amide bonds. The molecule has 1 aromatic carbocycles. The van der Waals surface area contributed by atoms with E-state index in [0.29, 0.717) is 37.0 Å². The summed E-state index contributed by atoms with van der Waals surface area (Å²) in [6, 6.07) is 4.32. The molecule has 4 aliphatic rings. The number of nitrogens with one attached hydrogen (secondary N) is 1. The Kier molecular flexibility index (Phi) is 7.48. The molecule has 216 valence electrons. The molecule has 3 N–H and O–H groups in total. The summed E-state index contributed by atoms with van der Waals surface area (Å²) in [5.41, 5.74) is 4.29. The number of epoxide rings is 1. The van der Waals surface area contributed by atoms with E-state index < -0.39 is 40.6 Å². The second-order valence-electron chi connectivity index (χ2n) is 12.5. The summed E-state index contributed by atoms with van der Waals surface area (Å²) in [6.45, 7) is 8.24. The number of hydrogen-bond donors (Lipinski definition) is 2. The van der Waals surface area contributed by atoms with Gasteiger partial charge < -0.3 is 0 Å². The van der Waals surface area contributed by atoms with Crippen LogP contribution >= 0.6 is 0 Å². The number of carbonyl (C=O) groups excluding carboxylic acids is 2. The number of Topliss-reactive ketones (excluding diaryl/α,β-unsaturated/α-hetero) is 1. The van der Waals surface area contributed by atoms with Gasteiger partial charge in [-0.2, -0.15) is 13.2 Å². The minimum Gasteiger partial charge on any atom is -0.166 e. The molecule has 40 heavy (non-hydrogen) atoms. The zero-order valence-corrected chi connectivity index (χ0v) is 26.6. The van der Waals surface area contributed by atoms with Crippen LogP contribution in [0, 0.1) is 11.3 Å². The zero-order valence-electron chi connectivity index (χ0n) is 23.3. The van der Waals surface area contributed by atoms with Crippen LogP contribution in [0.5, 0.6) is 5.75 Å². The summed E-state index contributed by atoms with van der Waals surface area (Å²) >= 11 is 0.667. The summed E-state index contributed by atoms with van der Waals surface area (Å²) in [6.07, 6.45) is -0.413. The molecule has 2 heterocycles. The average Bonchev–Trinajstić information content (AvgIpc) is 3.78. The van der Waals surface area contributed by atoms with Crippen LogP contribution in [0.2, 0.25) is 0 Å². The van der Waals surface area contributed by atoms with Crippen LogP contribution in [0.15, 0.2) is 36.2 Å². The predicted octanol–water partition coefficient (Wildman–Crippen LogP) is 3.11. The van der Waals surface area contributed by atoms with Gasteiger partial charge >= 0.3 is 218 Å². The van der Waals surface area contributed by atoms with Gasteiger partial charge in [-0.05, 0) is 6.07 Å². The quantitative estimate of drug-likeness (QED) is 0.371. The van der Waals surface area contributed by atoms with Crippen molar-refractivity contribution < 1.29 is 32.2 Å². The normalized spacial score (nSPS) is 29.3. The van der Waals surface area contributed by atoms with Gasteiger partial charge in [0.25, 0.3) is 0 Å². The van der Waals surface area contributed by atoms with E-state index in [1.807, 2.05) is 36.8 Å². The first kappa shape index (κ1) is 29.6. The molecule has 5 atom stereocenters. The zero-order chi connectivity index (χ0) is 29.3. The molecule has 4 fully saturated rings. The third kappa shape index (κ3) is 5.24. The molecule has 2 saturated heterocycles. The smallest absolute Gasteiger partial charge is 0.166 e. The van der Waals surface area contributed by atoms with Gasteiger partial charge in [0.05, 0.1) is 5.56 Å². The van der Waals surface area contributed by atoms with Crippen molar-refractivity contribution in [3.05, 3.63) is 41.7 Å². The number of nitrogens with two attached hydrogens (primary N) is 1. The van der Waals surface area contributed by atoms with Crippen molar-refractivity contribution in [2.75, 3.05) is 13.1 Å². The van der Waals surface area contributed by atoms with Crippen LogP contribution in [-0.2, 0) is 20.5 Å². The number of alkyl halides is 3. The number of allylic oxidation sites excluding steroid dienone is 1. The Bertz CT molecular complexity index is 1220. The molecule has 0 aromatic heterocycles. The van der Waals surface area contributed by atoms with E-state index in [0.717, 1.165) is 30.7 Å². The molecule has 8 nitrogen and oxygen atoms in total. The molecule has 2 saturated carbocycles. The molecule has 2 aliphatic carbocycles. The van der Waals surface area contributed by atoms with Crippen molar-refractivity contribution in [2.45, 2.75) is 89.1 Å². The summed E-state index contributed by atoms with van der Waals surface area (Å²) in [5.74, 6) is 0.380. The first-order chi connectivity index (χ1) is 18.6. The van der Waals surface area contributed by atoms with Gasteiger partial charge in [0.1, 0.15) is 0 Å². The first-order valence-corrected chi connectivity index (χ1v) is 15.2. The van der Waals surface area contributed by atoms with Crippen LogP contribution in [0.3, 0.4) is 0 Å². The molecule has 5 rings (SSSR count). The van der Waals surface area contributed by atoms with Crippen LogP contribution < -0.4 is 15.8 Å². The third-order valence-corrected chi connectivity index (χ3v) is 9.65. The predicted molar refractivity (Wildman–Crippen MR) is 142 cm³/mol. The topological polar surface area (TPSA) is 100 Å². The van der Waals surface area contributed by atoms with E-state index in [-0.39, 0.29) is 43.1 Å². The van der Waals surface area contributed by atoms with Gasteiger partial charge in [-0.3, -0.25) is 0 Å². The Morgan fingerprint density at radius 3 is 2.62 bits per heavy atom. The molecule has 1 aromatic rings. The van der Waals surface area contributed by atoms with Crippen LogP contribution in [0.1, 0.15) is 58.9 Å². The van der Waals surface area contributed by atoms with Crippen molar-refractivity contribution in [1.29, 1.82) is 0 Å². The van der Waals surface area contributed by atoms with Gasteiger partial charge in [-0.1, -0.05) is 6.07 Å². The number of fused-ring (bicyclic) bond motifs is 3. The molecule has 12 heteroatoms. The average molecular weight is 664 g/mol. The van der Waals surface area contributed by atoms with Gasteiger partial charge in [0.2, 0.25) is 0 Å². The Morgan fingerprint density at radius 1 is 1.35 bits per heavy atom. The molecule has 4 unspecified atom stereocenters. The maximum atomic E-state index is 14.1. The van der Waals surface area contributed by atoms with Gasteiger partial charge in [-0.15, -0.1) is 0 Å². The van der Waals surface area contributed by atoms with Crippen molar-refractivity contribution >= 4 is 36.4 Å². The number of ketones is 1. The molecule has 0 bridgehead atoms. The maximum absolute atomic E-state index is 14.1. The van der Waals surface area contributed by atoms with Crippen molar-refractivity contribution in [1.82, 2.24) is 13.1 Å². The number of carbonyl (C=O) groups is 2. The molecule has 1 spiro atoms. The molecular formula is C28H36F3InN4O4. The number of halogens is 3. The second-order valence-corrected chi connectivity index (χ2v) is 14.2. The number of rotatable bonds is 10. The number of amides is 1. The van der Waals surface area contributed by atoms with E-state index >= 15 is 0 Å². The van der Waals surface area contributed by atoms with Crippen LogP contribution in [-0.4, -0.2) is 86.7 Å². The van der Waals surface area contributed by atoms with Crippen molar-refractivity contribution in [2.24, 2.45) is 17.1 Å². The van der Waals surface area contributed by atoms with Gasteiger partial charge in [0, 0.05) is 0 Å². The molecular weight excluding hydrogens is 628 g/mol. The number of hydrogen-bond acceptors (Lipinski definition) is 7. The summed E-state index contributed by atoms with van der Waals surface area (Å²) in [7, 11) is 0. The van der Waals surface area contributed by atoms with Crippen molar-refractivity contribution in [3.8, 4) is 5.75 Å². The van der Waals surface area contributed by atoms with Crippen LogP contribution in [0.4, 0.5) is 13.2 Å². The van der Waals surface area contributed by atoms with E-state index in [1.54, 1.807) is 4.90 Å². The number of likely N-dealkylation sites (tertiary alicyclic amines) is 1. The summed E-state index contributed by atoms with van der Waals surface area (Å²) in [5, 5.41) is 3.37. The van der Waals surface area contributed by atoms with Crippen LogP contribution in [0.25, 0.3) is 0 Å². The van der Waals surface area contributed by atoms with Gasteiger partial charge in [0.15, 0.2) is 0 Å². The third-order valence-electron chi connectivity index (χ3n) is 8.37. The fraction of sp³-hybridized carbons (Fsp3) is 0.643. The van der Waals surface area contributed by atoms with E-state index in [2.05, 4.69) is 5.32 Å². The fourth-order valence-electron chi connectivity index (χ4n) is 5.98. The monoisotopic (exact) mass is 664 g/mol. The molecule has 2 radical (unpaired) electrons. The summed E-state index contributed by atoms with van der Waals surface area (Å²) in [4.78, 5) is 28.6. The second kappa shape index (κ2) is 10.1. The Labute approximate surface area is 247 Å². The Balaban J connectivity index is 1.29. The Hall–Kier alpha value is -1.92. The molecule has 2 aliphatic heterocycles. The van der Waals surface area contributed by atoms with Crippen molar-refractivity contribution in [3.63, 3.8) is 0 Å². The Morgan fingerprint density at radius 2 is 2.05 bits per heavy atom. The summed E-state index contributed by atoms with van der Waals surface area (Å²) < 4.78 is 53.2. The minimum absolute atomic E-state index is 0.0163. The number of ether oxygens (including phenoxy) is 2.